The average Bonchev–Trinajstić information content (AvgIpc) is 2.61. The number of nitrogens with one attached hydrogen (secondary N) is 2. The zero-order valence-corrected chi connectivity index (χ0v) is 14.7. The van der Waals surface area contributed by atoms with Crippen LogP contribution in [0.1, 0.15) is 36.7 Å². The number of pyridine rings is 1. The molecule has 25 heavy (non-hydrogen) atoms. The molecule has 2 amide bonds. The highest BCUT2D eigenvalue weighted by Gasteiger charge is 2.13. The molecule has 1 heterocycles. The van der Waals surface area contributed by atoms with Crippen LogP contribution in [0.3, 0.4) is 0 Å². The standard InChI is InChI=1S/C19H23N3O3/c1-4-25-19-16(6-5-11-20-19)18(24)21-12-14-7-9-15(10-8-14)22-17(23)13(2)3/h5-11,13H,4,12H2,1-3H3,(H,21,24)(H,22,23). The fourth-order valence-corrected chi connectivity index (χ4v) is 2.09. The second-order valence-electron chi connectivity index (χ2n) is 5.81. The number of benzene rings is 1. The zero-order valence-electron chi connectivity index (χ0n) is 14.7. The molecular weight excluding hydrogens is 318 g/mol. The van der Waals surface area contributed by atoms with Crippen LogP contribution in [-0.4, -0.2) is 23.4 Å². The first-order chi connectivity index (χ1) is 12.0. The summed E-state index contributed by atoms with van der Waals surface area (Å²) in [6.45, 7) is 6.34. The number of hydrogen-bond donors (Lipinski definition) is 2. The number of amides is 2. The molecule has 2 rings (SSSR count). The molecule has 1 aromatic heterocycles. The van der Waals surface area contributed by atoms with Crippen LogP contribution < -0.4 is 15.4 Å². The Balaban J connectivity index is 1.95. The van der Waals surface area contributed by atoms with E-state index in [0.29, 0.717) is 24.6 Å². The maximum absolute atomic E-state index is 12.3. The van der Waals surface area contributed by atoms with Gasteiger partial charge in [-0.2, -0.15) is 0 Å². The van der Waals surface area contributed by atoms with Gasteiger partial charge >= 0.3 is 0 Å². The van der Waals surface area contributed by atoms with E-state index in [4.69, 9.17) is 4.74 Å². The van der Waals surface area contributed by atoms with Crippen LogP contribution >= 0.6 is 0 Å². The van der Waals surface area contributed by atoms with Gasteiger partial charge in [-0.1, -0.05) is 26.0 Å². The Kier molecular flexibility index (Phi) is 6.51. The summed E-state index contributed by atoms with van der Waals surface area (Å²) in [5, 5.41) is 5.68. The van der Waals surface area contributed by atoms with Gasteiger partial charge in [0.25, 0.3) is 5.91 Å². The summed E-state index contributed by atoms with van der Waals surface area (Å²) in [7, 11) is 0. The maximum Gasteiger partial charge on any atom is 0.257 e. The van der Waals surface area contributed by atoms with Gasteiger partial charge in [0.1, 0.15) is 5.56 Å². The minimum absolute atomic E-state index is 0.0268. The molecule has 0 aliphatic heterocycles. The lowest BCUT2D eigenvalue weighted by Crippen LogP contribution is -2.23. The van der Waals surface area contributed by atoms with Crippen LogP contribution in [-0.2, 0) is 11.3 Å². The Bertz CT molecular complexity index is 727. The Hall–Kier alpha value is -2.89. The molecule has 1 aromatic carbocycles. The first-order valence-electron chi connectivity index (χ1n) is 8.27. The molecule has 132 valence electrons. The molecule has 2 aromatic rings. The van der Waals surface area contributed by atoms with Crippen LogP contribution in [0.2, 0.25) is 0 Å². The highest BCUT2D eigenvalue weighted by atomic mass is 16.5. The lowest BCUT2D eigenvalue weighted by molar-refractivity contribution is -0.118. The quantitative estimate of drug-likeness (QED) is 0.811. The van der Waals surface area contributed by atoms with E-state index >= 15 is 0 Å². The molecule has 0 saturated heterocycles. The van der Waals surface area contributed by atoms with Gasteiger partial charge in [-0.25, -0.2) is 4.98 Å². The van der Waals surface area contributed by atoms with E-state index < -0.39 is 0 Å². The van der Waals surface area contributed by atoms with Crippen molar-refractivity contribution in [1.29, 1.82) is 0 Å². The van der Waals surface area contributed by atoms with Crippen molar-refractivity contribution in [2.75, 3.05) is 11.9 Å². The number of carbonyl (C=O) groups excluding carboxylic acids is 2. The first-order valence-corrected chi connectivity index (χ1v) is 8.27. The molecule has 0 bridgehead atoms. The molecule has 0 saturated carbocycles. The van der Waals surface area contributed by atoms with Gasteiger partial charge in [-0.15, -0.1) is 0 Å². The van der Waals surface area contributed by atoms with Gasteiger partial charge in [-0.05, 0) is 36.8 Å². The number of hydrogen-bond acceptors (Lipinski definition) is 4. The SMILES string of the molecule is CCOc1ncccc1C(=O)NCc1ccc(NC(=O)C(C)C)cc1. The number of nitrogens with zero attached hydrogens (tertiary/aromatic N) is 1. The van der Waals surface area contributed by atoms with E-state index in [1.807, 2.05) is 45.0 Å². The van der Waals surface area contributed by atoms with Crippen molar-refractivity contribution < 1.29 is 14.3 Å². The van der Waals surface area contributed by atoms with E-state index in [2.05, 4.69) is 15.6 Å². The third kappa shape index (κ3) is 5.31. The summed E-state index contributed by atoms with van der Waals surface area (Å²) in [5.41, 5.74) is 2.07. The molecule has 0 aliphatic rings. The number of ether oxygens (including phenoxy) is 1. The normalized spacial score (nSPS) is 10.4. The lowest BCUT2D eigenvalue weighted by atomic mass is 10.1. The van der Waals surface area contributed by atoms with Crippen molar-refractivity contribution in [2.45, 2.75) is 27.3 Å². The topological polar surface area (TPSA) is 80.3 Å². The maximum atomic E-state index is 12.3. The molecule has 0 aliphatic carbocycles. The number of aromatic nitrogens is 1. The second kappa shape index (κ2) is 8.82. The van der Waals surface area contributed by atoms with Crippen LogP contribution in [0.5, 0.6) is 5.88 Å². The summed E-state index contributed by atoms with van der Waals surface area (Å²) in [6, 6.07) is 10.7. The van der Waals surface area contributed by atoms with Gasteiger partial charge < -0.3 is 15.4 Å². The number of rotatable bonds is 7. The van der Waals surface area contributed by atoms with Crippen LogP contribution in [0.4, 0.5) is 5.69 Å². The van der Waals surface area contributed by atoms with E-state index in [0.717, 1.165) is 11.3 Å². The lowest BCUT2D eigenvalue weighted by Gasteiger charge is -2.10. The largest absolute Gasteiger partial charge is 0.477 e. The summed E-state index contributed by atoms with van der Waals surface area (Å²) < 4.78 is 5.37. The van der Waals surface area contributed by atoms with Crippen molar-refractivity contribution in [3.8, 4) is 5.88 Å². The van der Waals surface area contributed by atoms with E-state index in [1.165, 1.54) is 0 Å². The number of anilines is 1. The molecular formula is C19H23N3O3. The molecule has 2 N–H and O–H groups in total. The fraction of sp³-hybridized carbons (Fsp3) is 0.316. The van der Waals surface area contributed by atoms with Crippen molar-refractivity contribution >= 4 is 17.5 Å². The van der Waals surface area contributed by atoms with Crippen LogP contribution in [0.25, 0.3) is 0 Å². The van der Waals surface area contributed by atoms with Crippen molar-refractivity contribution in [3.63, 3.8) is 0 Å². The predicted octanol–water partition coefficient (Wildman–Crippen LogP) is 3.00. The van der Waals surface area contributed by atoms with E-state index in [1.54, 1.807) is 18.3 Å². The third-order valence-corrected chi connectivity index (χ3v) is 3.50. The summed E-state index contributed by atoms with van der Waals surface area (Å²) >= 11 is 0. The minimum atomic E-state index is -0.242. The summed E-state index contributed by atoms with van der Waals surface area (Å²) in [6.07, 6.45) is 1.59. The Labute approximate surface area is 147 Å². The Morgan fingerprint density at radius 3 is 2.52 bits per heavy atom. The van der Waals surface area contributed by atoms with Gasteiger partial charge in [-0.3, -0.25) is 9.59 Å². The first kappa shape index (κ1) is 18.4. The van der Waals surface area contributed by atoms with Crippen molar-refractivity contribution in [2.24, 2.45) is 5.92 Å². The highest BCUT2D eigenvalue weighted by Crippen LogP contribution is 2.15. The molecule has 6 heteroatoms. The zero-order chi connectivity index (χ0) is 18.2. The molecule has 0 radical (unpaired) electrons. The van der Waals surface area contributed by atoms with Crippen molar-refractivity contribution in [1.82, 2.24) is 10.3 Å². The van der Waals surface area contributed by atoms with Crippen LogP contribution in [0, 0.1) is 5.92 Å². The fourth-order valence-electron chi connectivity index (χ4n) is 2.09. The second-order valence-corrected chi connectivity index (χ2v) is 5.81. The van der Waals surface area contributed by atoms with Crippen molar-refractivity contribution in [3.05, 3.63) is 53.7 Å². The van der Waals surface area contributed by atoms with E-state index in [9.17, 15) is 9.59 Å². The smallest absolute Gasteiger partial charge is 0.257 e. The Morgan fingerprint density at radius 1 is 1.16 bits per heavy atom. The van der Waals surface area contributed by atoms with Gasteiger partial charge in [0.2, 0.25) is 11.8 Å². The molecule has 0 fully saturated rings. The third-order valence-electron chi connectivity index (χ3n) is 3.50. The Morgan fingerprint density at radius 2 is 1.88 bits per heavy atom. The molecule has 0 spiro atoms. The minimum Gasteiger partial charge on any atom is -0.477 e. The number of carbonyl (C=O) groups is 2. The van der Waals surface area contributed by atoms with Gasteiger partial charge in [0.15, 0.2) is 0 Å². The average molecular weight is 341 g/mol. The summed E-state index contributed by atoms with van der Waals surface area (Å²) in [5.74, 6) is -0.0120. The summed E-state index contributed by atoms with van der Waals surface area (Å²) in [4.78, 5) is 28.1. The highest BCUT2D eigenvalue weighted by molar-refractivity contribution is 5.96. The van der Waals surface area contributed by atoms with Gasteiger partial charge in [0.05, 0.1) is 6.61 Å². The predicted molar refractivity (Wildman–Crippen MR) is 96.5 cm³/mol. The molecule has 0 unspecified atom stereocenters. The monoisotopic (exact) mass is 341 g/mol. The van der Waals surface area contributed by atoms with Crippen LogP contribution in [0.15, 0.2) is 42.6 Å². The van der Waals surface area contributed by atoms with E-state index in [-0.39, 0.29) is 17.7 Å². The molecule has 0 atom stereocenters. The molecule has 6 nitrogen and oxygen atoms in total. The van der Waals surface area contributed by atoms with Gasteiger partial charge in [0, 0.05) is 24.3 Å².